The largest absolute Gasteiger partial charge is 0.481 e. The van der Waals surface area contributed by atoms with Crippen molar-refractivity contribution in [3.8, 4) is 0 Å². The van der Waals surface area contributed by atoms with E-state index in [9.17, 15) is 24.3 Å². The highest BCUT2D eigenvalue weighted by molar-refractivity contribution is 5.82. The van der Waals surface area contributed by atoms with Crippen molar-refractivity contribution in [1.82, 2.24) is 20.4 Å². The third-order valence-electron chi connectivity index (χ3n) is 4.55. The van der Waals surface area contributed by atoms with E-state index >= 15 is 0 Å². The SMILES string of the molecule is O=C(O)CC(CCN1CCNC1=O)(CCN1CCNC1=O)C(=O)O. The van der Waals surface area contributed by atoms with Gasteiger partial charge in [0.1, 0.15) is 0 Å². The summed E-state index contributed by atoms with van der Waals surface area (Å²) in [7, 11) is 0. The fourth-order valence-electron chi connectivity index (χ4n) is 3.03. The van der Waals surface area contributed by atoms with E-state index in [0.717, 1.165) is 0 Å². The molecule has 2 fully saturated rings. The van der Waals surface area contributed by atoms with Crippen LogP contribution in [-0.2, 0) is 9.59 Å². The highest BCUT2D eigenvalue weighted by atomic mass is 16.4. The van der Waals surface area contributed by atoms with Crippen molar-refractivity contribution in [3.05, 3.63) is 0 Å². The molecule has 0 spiro atoms. The lowest BCUT2D eigenvalue weighted by Crippen LogP contribution is -2.42. The standard InChI is InChI=1S/C14H22N4O6/c19-10(20)9-14(11(21)22,1-5-17-7-3-15-12(17)23)2-6-18-8-4-16-13(18)24/h1-9H2,(H,15,23)(H,16,24)(H,19,20)(H,21,22). The molecule has 2 aliphatic rings. The molecule has 10 nitrogen and oxygen atoms in total. The molecule has 0 aromatic heterocycles. The van der Waals surface area contributed by atoms with Crippen LogP contribution in [0.1, 0.15) is 19.3 Å². The van der Waals surface area contributed by atoms with Crippen molar-refractivity contribution in [2.75, 3.05) is 39.3 Å². The molecule has 24 heavy (non-hydrogen) atoms. The van der Waals surface area contributed by atoms with Crippen LogP contribution in [0, 0.1) is 5.41 Å². The average Bonchev–Trinajstić information content (AvgIpc) is 3.10. The minimum absolute atomic E-state index is 0.0253. The van der Waals surface area contributed by atoms with Crippen LogP contribution in [0.5, 0.6) is 0 Å². The number of carboxylic acids is 2. The molecule has 0 atom stereocenters. The zero-order valence-electron chi connectivity index (χ0n) is 13.3. The van der Waals surface area contributed by atoms with Crippen molar-refractivity contribution in [2.24, 2.45) is 5.41 Å². The van der Waals surface area contributed by atoms with Gasteiger partial charge in [-0.15, -0.1) is 0 Å². The minimum Gasteiger partial charge on any atom is -0.481 e. The number of urea groups is 2. The summed E-state index contributed by atoms with van der Waals surface area (Å²) < 4.78 is 0. The number of nitrogens with one attached hydrogen (secondary N) is 2. The van der Waals surface area contributed by atoms with Crippen molar-refractivity contribution in [2.45, 2.75) is 19.3 Å². The molecule has 0 saturated carbocycles. The summed E-state index contributed by atoms with van der Waals surface area (Å²) in [5, 5.41) is 24.0. The predicted octanol–water partition coefficient (Wildman–Crippen LogP) is -0.637. The monoisotopic (exact) mass is 342 g/mol. The van der Waals surface area contributed by atoms with E-state index in [1.807, 2.05) is 0 Å². The van der Waals surface area contributed by atoms with Crippen LogP contribution in [0.4, 0.5) is 9.59 Å². The van der Waals surface area contributed by atoms with Crippen LogP contribution >= 0.6 is 0 Å². The number of aliphatic carboxylic acids is 2. The van der Waals surface area contributed by atoms with Crippen LogP contribution in [0.15, 0.2) is 0 Å². The van der Waals surface area contributed by atoms with Gasteiger partial charge in [0.2, 0.25) is 0 Å². The molecule has 4 amide bonds. The summed E-state index contributed by atoms with van der Waals surface area (Å²) in [6.07, 6.45) is -0.498. The van der Waals surface area contributed by atoms with Crippen LogP contribution in [-0.4, -0.2) is 83.3 Å². The number of carbonyl (C=O) groups excluding carboxylic acids is 2. The zero-order valence-corrected chi connectivity index (χ0v) is 13.3. The lowest BCUT2D eigenvalue weighted by molar-refractivity contribution is -0.157. The number of nitrogens with zero attached hydrogens (tertiary/aromatic N) is 2. The summed E-state index contributed by atoms with van der Waals surface area (Å²) in [6.45, 7) is 2.25. The van der Waals surface area contributed by atoms with Gasteiger partial charge >= 0.3 is 24.0 Å². The first-order valence-electron chi connectivity index (χ1n) is 7.85. The molecule has 2 heterocycles. The number of hydrogen-bond acceptors (Lipinski definition) is 4. The van der Waals surface area contributed by atoms with E-state index in [2.05, 4.69) is 10.6 Å². The van der Waals surface area contributed by atoms with E-state index < -0.39 is 23.8 Å². The van der Waals surface area contributed by atoms with Crippen molar-refractivity contribution < 1.29 is 29.4 Å². The Morgan fingerprint density at radius 1 is 0.958 bits per heavy atom. The van der Waals surface area contributed by atoms with Crippen molar-refractivity contribution in [1.29, 1.82) is 0 Å². The number of carboxylic acid groups (broad SMARTS) is 2. The Morgan fingerprint density at radius 2 is 1.42 bits per heavy atom. The average molecular weight is 342 g/mol. The molecule has 0 bridgehead atoms. The number of carbonyl (C=O) groups is 4. The molecule has 2 aliphatic heterocycles. The fourth-order valence-corrected chi connectivity index (χ4v) is 3.03. The summed E-state index contributed by atoms with van der Waals surface area (Å²) in [5.74, 6) is -2.43. The molecular formula is C14H22N4O6. The smallest absolute Gasteiger partial charge is 0.317 e. The van der Waals surface area contributed by atoms with Gasteiger partial charge in [0.15, 0.2) is 0 Å². The highest BCUT2D eigenvalue weighted by Crippen LogP contribution is 2.33. The molecule has 0 aromatic carbocycles. The van der Waals surface area contributed by atoms with Gasteiger partial charge in [0.05, 0.1) is 11.8 Å². The fraction of sp³-hybridized carbons (Fsp3) is 0.714. The molecular weight excluding hydrogens is 320 g/mol. The van der Waals surface area contributed by atoms with E-state index in [0.29, 0.717) is 26.2 Å². The number of amides is 4. The van der Waals surface area contributed by atoms with Crippen molar-refractivity contribution in [3.63, 3.8) is 0 Å². The molecule has 4 N–H and O–H groups in total. The second kappa shape index (κ2) is 7.37. The second-order valence-corrected chi connectivity index (χ2v) is 6.09. The Hall–Kier alpha value is -2.52. The van der Waals surface area contributed by atoms with Crippen LogP contribution in [0.3, 0.4) is 0 Å². The van der Waals surface area contributed by atoms with E-state index in [1.165, 1.54) is 9.80 Å². The first-order valence-corrected chi connectivity index (χ1v) is 7.85. The van der Waals surface area contributed by atoms with Gasteiger partial charge in [-0.2, -0.15) is 0 Å². The topological polar surface area (TPSA) is 139 Å². The van der Waals surface area contributed by atoms with Gasteiger partial charge in [0, 0.05) is 39.3 Å². The van der Waals surface area contributed by atoms with Gasteiger partial charge in [-0.1, -0.05) is 0 Å². The Kier molecular flexibility index (Phi) is 5.47. The van der Waals surface area contributed by atoms with Gasteiger partial charge in [-0.3, -0.25) is 9.59 Å². The minimum atomic E-state index is -1.52. The second-order valence-electron chi connectivity index (χ2n) is 6.09. The van der Waals surface area contributed by atoms with E-state index in [4.69, 9.17) is 5.11 Å². The lowest BCUT2D eigenvalue weighted by Gasteiger charge is -2.31. The number of rotatable bonds is 9. The number of hydrogen-bond donors (Lipinski definition) is 4. The van der Waals surface area contributed by atoms with Gasteiger partial charge < -0.3 is 30.6 Å². The lowest BCUT2D eigenvalue weighted by atomic mass is 9.77. The maximum atomic E-state index is 11.8. The first-order chi connectivity index (χ1) is 11.3. The van der Waals surface area contributed by atoms with Gasteiger partial charge in [-0.25, -0.2) is 9.59 Å². The molecule has 10 heteroatoms. The quantitative estimate of drug-likeness (QED) is 0.440. The first kappa shape index (κ1) is 17.8. The summed E-state index contributed by atoms with van der Waals surface area (Å²) in [4.78, 5) is 49.1. The normalized spacial score (nSPS) is 17.8. The van der Waals surface area contributed by atoms with Gasteiger partial charge in [-0.05, 0) is 12.8 Å². The summed E-state index contributed by atoms with van der Waals surface area (Å²) >= 11 is 0. The summed E-state index contributed by atoms with van der Waals surface area (Å²) in [6, 6.07) is -0.549. The molecule has 134 valence electrons. The highest BCUT2D eigenvalue weighted by Gasteiger charge is 2.42. The van der Waals surface area contributed by atoms with Gasteiger partial charge in [0.25, 0.3) is 0 Å². The molecule has 0 aromatic rings. The van der Waals surface area contributed by atoms with E-state index in [-0.39, 0.29) is 38.0 Å². The zero-order chi connectivity index (χ0) is 17.7. The maximum Gasteiger partial charge on any atom is 0.317 e. The van der Waals surface area contributed by atoms with E-state index in [1.54, 1.807) is 0 Å². The molecule has 2 rings (SSSR count). The molecule has 0 aliphatic carbocycles. The predicted molar refractivity (Wildman–Crippen MR) is 81.5 cm³/mol. The molecule has 2 saturated heterocycles. The van der Waals surface area contributed by atoms with Crippen LogP contribution in [0.2, 0.25) is 0 Å². The Labute approximate surface area is 138 Å². The third-order valence-corrected chi connectivity index (χ3v) is 4.55. The molecule has 0 radical (unpaired) electrons. The Bertz CT molecular complexity index is 507. The maximum absolute atomic E-state index is 11.8. The van der Waals surface area contributed by atoms with Crippen LogP contribution < -0.4 is 10.6 Å². The third kappa shape index (κ3) is 4.06. The Balaban J connectivity index is 2.06. The Morgan fingerprint density at radius 3 is 1.71 bits per heavy atom. The molecule has 0 unspecified atom stereocenters. The van der Waals surface area contributed by atoms with Crippen LogP contribution in [0.25, 0.3) is 0 Å². The van der Waals surface area contributed by atoms with Crippen molar-refractivity contribution >= 4 is 24.0 Å². The summed E-state index contributed by atoms with van der Waals surface area (Å²) in [5.41, 5.74) is -1.52.